The smallest absolute Gasteiger partial charge is 0.330 e. The number of ether oxygens (including phenoxy) is 2. The minimum atomic E-state index is -0.704. The number of halogens is 1. The van der Waals surface area contributed by atoms with Gasteiger partial charge in [0.25, 0.3) is 5.56 Å². The molecule has 2 aromatic rings. The lowest BCUT2D eigenvalue weighted by atomic mass is 10.2. The lowest BCUT2D eigenvalue weighted by molar-refractivity contribution is -0.119. The van der Waals surface area contributed by atoms with Crippen LogP contribution >= 0.6 is 11.6 Å². The summed E-state index contributed by atoms with van der Waals surface area (Å²) in [6.45, 7) is 6.68. The van der Waals surface area contributed by atoms with E-state index in [4.69, 9.17) is 26.8 Å². The van der Waals surface area contributed by atoms with Gasteiger partial charge in [0.2, 0.25) is 5.91 Å². The van der Waals surface area contributed by atoms with Gasteiger partial charge in [-0.3, -0.25) is 19.1 Å². The Bertz CT molecular complexity index is 1050. The number of aromatic amines is 1. The predicted molar refractivity (Wildman–Crippen MR) is 126 cm³/mol. The lowest BCUT2D eigenvalue weighted by Crippen LogP contribution is -2.42. The van der Waals surface area contributed by atoms with Crippen LogP contribution in [-0.2, 0) is 16.1 Å². The molecule has 0 aliphatic heterocycles. The molecule has 32 heavy (non-hydrogen) atoms. The van der Waals surface area contributed by atoms with Crippen molar-refractivity contribution >= 4 is 29.0 Å². The largest absolute Gasteiger partial charge is 0.494 e. The number of anilines is 2. The van der Waals surface area contributed by atoms with Crippen molar-refractivity contribution in [1.29, 1.82) is 0 Å². The van der Waals surface area contributed by atoms with Crippen molar-refractivity contribution in [2.75, 3.05) is 37.5 Å². The van der Waals surface area contributed by atoms with E-state index in [0.29, 0.717) is 30.3 Å². The number of aryl methyl sites for hydroxylation is 1. The second-order valence-electron chi connectivity index (χ2n) is 7.90. The zero-order chi connectivity index (χ0) is 23.8. The number of H-pyrrole nitrogens is 1. The zero-order valence-corrected chi connectivity index (χ0v) is 19.7. The summed E-state index contributed by atoms with van der Waals surface area (Å²) < 4.78 is 12.1. The van der Waals surface area contributed by atoms with Crippen molar-refractivity contribution in [1.82, 2.24) is 9.55 Å². The van der Waals surface area contributed by atoms with Crippen LogP contribution in [0.4, 0.5) is 11.5 Å². The summed E-state index contributed by atoms with van der Waals surface area (Å²) >= 11 is 6.02. The van der Waals surface area contributed by atoms with Crippen LogP contribution in [0.3, 0.4) is 0 Å². The molecule has 1 heterocycles. The number of aromatic nitrogens is 2. The summed E-state index contributed by atoms with van der Waals surface area (Å²) in [6.07, 6.45) is 0.548. The summed E-state index contributed by atoms with van der Waals surface area (Å²) in [4.78, 5) is 41.3. The number of amides is 1. The van der Waals surface area contributed by atoms with E-state index in [-0.39, 0.29) is 42.9 Å². The van der Waals surface area contributed by atoms with Crippen molar-refractivity contribution in [2.45, 2.75) is 40.2 Å². The highest BCUT2D eigenvalue weighted by Crippen LogP contribution is 2.22. The molecule has 0 atom stereocenters. The Kier molecular flexibility index (Phi) is 9.34. The van der Waals surface area contributed by atoms with Gasteiger partial charge in [-0.2, -0.15) is 0 Å². The zero-order valence-electron chi connectivity index (χ0n) is 18.9. The summed E-state index contributed by atoms with van der Waals surface area (Å²) in [5.74, 6) is 0.428. The molecule has 1 aromatic carbocycles. The minimum absolute atomic E-state index is 0.0372. The van der Waals surface area contributed by atoms with E-state index in [9.17, 15) is 14.4 Å². The molecule has 0 bridgehead atoms. The Hall–Kier alpha value is -2.78. The van der Waals surface area contributed by atoms with Crippen LogP contribution in [0, 0.1) is 12.8 Å². The van der Waals surface area contributed by atoms with Crippen LogP contribution < -0.4 is 26.6 Å². The van der Waals surface area contributed by atoms with E-state index in [1.165, 1.54) is 16.6 Å². The maximum Gasteiger partial charge on any atom is 0.330 e. The van der Waals surface area contributed by atoms with Crippen LogP contribution in [0.15, 0.2) is 27.8 Å². The number of hydrogen-bond acceptors (Lipinski definition) is 6. The van der Waals surface area contributed by atoms with E-state index in [1.807, 2.05) is 26.8 Å². The Morgan fingerprint density at radius 1 is 1.28 bits per heavy atom. The fraction of sp³-hybridized carbons (Fsp3) is 0.500. The maximum atomic E-state index is 13.0. The number of carbonyl (C=O) groups excluding carboxylic acids is 1. The number of carbonyl (C=O) groups is 1. The monoisotopic (exact) mass is 466 g/mol. The fourth-order valence-electron chi connectivity index (χ4n) is 3.18. The van der Waals surface area contributed by atoms with Crippen molar-refractivity contribution in [2.24, 2.45) is 5.92 Å². The molecular weight excluding hydrogens is 436 g/mol. The highest BCUT2D eigenvalue weighted by atomic mass is 35.5. The molecule has 176 valence electrons. The van der Waals surface area contributed by atoms with Crippen LogP contribution in [-0.4, -0.2) is 42.3 Å². The number of nitrogens with two attached hydrogens (primary N) is 1. The Morgan fingerprint density at radius 3 is 2.62 bits per heavy atom. The molecule has 0 aliphatic rings. The normalized spacial score (nSPS) is 11.1. The molecule has 0 fully saturated rings. The molecule has 0 unspecified atom stereocenters. The molecule has 10 heteroatoms. The summed E-state index contributed by atoms with van der Waals surface area (Å²) in [5.41, 5.74) is 5.73. The van der Waals surface area contributed by atoms with Gasteiger partial charge in [-0.25, -0.2) is 4.79 Å². The van der Waals surface area contributed by atoms with Gasteiger partial charge in [-0.05, 0) is 43.0 Å². The predicted octanol–water partition coefficient (Wildman–Crippen LogP) is 2.58. The van der Waals surface area contributed by atoms with Gasteiger partial charge >= 0.3 is 5.69 Å². The van der Waals surface area contributed by atoms with Gasteiger partial charge in [-0.1, -0.05) is 25.4 Å². The Morgan fingerprint density at radius 2 is 2.00 bits per heavy atom. The third-order valence-corrected chi connectivity index (χ3v) is 5.21. The first-order valence-corrected chi connectivity index (χ1v) is 10.8. The topological polar surface area (TPSA) is 120 Å². The number of nitrogen functional groups attached to an aromatic ring is 1. The minimum Gasteiger partial charge on any atom is -0.494 e. The molecule has 0 spiro atoms. The number of benzene rings is 1. The number of nitrogens with one attached hydrogen (secondary N) is 1. The first-order chi connectivity index (χ1) is 15.1. The molecule has 0 radical (unpaired) electrons. The average molecular weight is 467 g/mol. The van der Waals surface area contributed by atoms with Crippen LogP contribution in [0.1, 0.15) is 32.3 Å². The van der Waals surface area contributed by atoms with Gasteiger partial charge in [0, 0.05) is 31.6 Å². The van der Waals surface area contributed by atoms with Crippen molar-refractivity contribution in [3.05, 3.63) is 49.6 Å². The third kappa shape index (κ3) is 6.61. The van der Waals surface area contributed by atoms with Gasteiger partial charge in [0.05, 0.1) is 13.2 Å². The number of nitrogens with zero attached hydrogens (tertiary/aromatic N) is 2. The number of hydrogen-bond donors (Lipinski definition) is 2. The van der Waals surface area contributed by atoms with Crippen LogP contribution in [0.25, 0.3) is 0 Å². The molecule has 9 nitrogen and oxygen atoms in total. The number of methoxy groups -OCH3 is 1. The van der Waals surface area contributed by atoms with Crippen molar-refractivity contribution in [3.8, 4) is 5.75 Å². The standard InChI is InChI=1S/C22H31ClN4O5/c1-14(2)13-27-20(24)19(21(29)25-22(27)30)26(9-11-31-4)18(28)6-5-10-32-16-7-8-17(23)15(3)12-16/h7-8,12,14H,5-6,9-11,13,24H2,1-4H3,(H,25,29,30). The fourth-order valence-corrected chi connectivity index (χ4v) is 3.30. The van der Waals surface area contributed by atoms with E-state index in [0.717, 1.165) is 5.56 Å². The first-order valence-electron chi connectivity index (χ1n) is 10.5. The van der Waals surface area contributed by atoms with Crippen molar-refractivity contribution in [3.63, 3.8) is 0 Å². The maximum absolute atomic E-state index is 13.0. The average Bonchev–Trinajstić information content (AvgIpc) is 2.73. The highest BCUT2D eigenvalue weighted by molar-refractivity contribution is 6.31. The highest BCUT2D eigenvalue weighted by Gasteiger charge is 2.24. The molecule has 2 rings (SSSR count). The van der Waals surface area contributed by atoms with Gasteiger partial charge < -0.3 is 20.1 Å². The first kappa shape index (κ1) is 25.5. The van der Waals surface area contributed by atoms with Gasteiger partial charge in [0.1, 0.15) is 11.6 Å². The Labute approximate surface area is 192 Å². The molecule has 1 amide bonds. The molecule has 3 N–H and O–H groups in total. The second kappa shape index (κ2) is 11.7. The number of rotatable bonds is 11. The molecule has 0 saturated heterocycles. The van der Waals surface area contributed by atoms with Crippen LogP contribution in [0.2, 0.25) is 5.02 Å². The van der Waals surface area contributed by atoms with E-state index < -0.39 is 11.2 Å². The van der Waals surface area contributed by atoms with Gasteiger partial charge in [-0.15, -0.1) is 0 Å². The summed E-state index contributed by atoms with van der Waals surface area (Å²) in [7, 11) is 1.50. The summed E-state index contributed by atoms with van der Waals surface area (Å²) in [5, 5.41) is 0.655. The van der Waals surface area contributed by atoms with E-state index >= 15 is 0 Å². The van der Waals surface area contributed by atoms with Crippen molar-refractivity contribution < 1.29 is 14.3 Å². The quantitative estimate of drug-likeness (QED) is 0.491. The van der Waals surface area contributed by atoms with E-state index in [1.54, 1.807) is 12.1 Å². The molecule has 0 saturated carbocycles. The SMILES string of the molecule is COCCN(C(=O)CCCOc1ccc(Cl)c(C)c1)c1c(N)n(CC(C)C)c(=O)[nH]c1=O. The Balaban J connectivity index is 2.16. The molecule has 1 aromatic heterocycles. The van der Waals surface area contributed by atoms with E-state index in [2.05, 4.69) is 4.98 Å². The third-order valence-electron chi connectivity index (χ3n) is 4.78. The second-order valence-corrected chi connectivity index (χ2v) is 8.31. The lowest BCUT2D eigenvalue weighted by Gasteiger charge is -2.24. The molecule has 0 aliphatic carbocycles. The van der Waals surface area contributed by atoms with Crippen LogP contribution in [0.5, 0.6) is 5.75 Å². The summed E-state index contributed by atoms with van der Waals surface area (Å²) in [6, 6.07) is 5.35. The molecular formula is C22H31ClN4O5. The van der Waals surface area contributed by atoms with Gasteiger partial charge in [0.15, 0.2) is 5.69 Å².